The predicted molar refractivity (Wildman–Crippen MR) is 83.7 cm³/mol. The number of likely N-dealkylation sites (tertiary alicyclic amines) is 1. The highest BCUT2D eigenvalue weighted by Crippen LogP contribution is 2.27. The van der Waals surface area contributed by atoms with Crippen LogP contribution in [0.1, 0.15) is 23.2 Å². The van der Waals surface area contributed by atoms with Gasteiger partial charge in [-0.15, -0.1) is 0 Å². The van der Waals surface area contributed by atoms with Crippen molar-refractivity contribution in [3.05, 3.63) is 33.6 Å². The van der Waals surface area contributed by atoms with Crippen LogP contribution in [0.25, 0.3) is 0 Å². The monoisotopic (exact) mass is 346 g/mol. The van der Waals surface area contributed by atoms with Crippen LogP contribution in [0.15, 0.2) is 12.1 Å². The maximum atomic E-state index is 13.5. The van der Waals surface area contributed by atoms with E-state index in [0.717, 1.165) is 6.07 Å². The summed E-state index contributed by atoms with van der Waals surface area (Å²) >= 11 is 11.6. The van der Waals surface area contributed by atoms with Crippen LogP contribution in [-0.2, 0) is 4.79 Å². The number of carbonyl (C=O) groups excluding carboxylic acids is 2. The SMILES string of the molecule is CN(C)C(=O)C1CCN(C(=O)c2cc(F)c(Cl)cc2Cl)CC1. The summed E-state index contributed by atoms with van der Waals surface area (Å²) in [6.45, 7) is 0.896. The number of piperidine rings is 1. The second-order valence-corrected chi connectivity index (χ2v) is 6.36. The summed E-state index contributed by atoms with van der Waals surface area (Å²) in [6.07, 6.45) is 1.19. The molecular weight excluding hydrogens is 330 g/mol. The van der Waals surface area contributed by atoms with Crippen molar-refractivity contribution in [1.82, 2.24) is 9.80 Å². The summed E-state index contributed by atoms with van der Waals surface area (Å²) in [6, 6.07) is 2.29. The van der Waals surface area contributed by atoms with E-state index in [1.54, 1.807) is 23.9 Å². The summed E-state index contributed by atoms with van der Waals surface area (Å²) in [5.74, 6) is -1.01. The van der Waals surface area contributed by atoms with Crippen LogP contribution in [0.5, 0.6) is 0 Å². The van der Waals surface area contributed by atoms with Gasteiger partial charge < -0.3 is 9.80 Å². The second-order valence-electron chi connectivity index (χ2n) is 5.55. The van der Waals surface area contributed by atoms with Crippen molar-refractivity contribution in [1.29, 1.82) is 0 Å². The Morgan fingerprint density at radius 3 is 2.32 bits per heavy atom. The number of amides is 2. The molecule has 1 aromatic rings. The minimum absolute atomic E-state index is 0.0719. The van der Waals surface area contributed by atoms with Gasteiger partial charge in [-0.2, -0.15) is 0 Å². The smallest absolute Gasteiger partial charge is 0.255 e. The number of hydrogen-bond acceptors (Lipinski definition) is 2. The fourth-order valence-corrected chi connectivity index (χ4v) is 3.02. The number of nitrogens with zero attached hydrogens (tertiary/aromatic N) is 2. The molecule has 1 aromatic carbocycles. The normalized spacial score (nSPS) is 15.8. The van der Waals surface area contributed by atoms with Crippen molar-refractivity contribution in [3.63, 3.8) is 0 Å². The van der Waals surface area contributed by atoms with E-state index in [1.807, 2.05) is 0 Å². The van der Waals surface area contributed by atoms with Crippen LogP contribution in [0.2, 0.25) is 10.0 Å². The van der Waals surface area contributed by atoms with Crippen molar-refractivity contribution >= 4 is 35.0 Å². The minimum Gasteiger partial charge on any atom is -0.349 e. The first-order chi connectivity index (χ1) is 10.3. The summed E-state index contributed by atoms with van der Waals surface area (Å²) in [4.78, 5) is 27.5. The lowest BCUT2D eigenvalue weighted by Gasteiger charge is -2.32. The van der Waals surface area contributed by atoms with E-state index in [-0.39, 0.29) is 33.3 Å². The minimum atomic E-state index is -0.674. The lowest BCUT2D eigenvalue weighted by atomic mass is 9.95. The largest absolute Gasteiger partial charge is 0.349 e. The van der Waals surface area contributed by atoms with Crippen molar-refractivity contribution in [3.8, 4) is 0 Å². The molecule has 1 fully saturated rings. The van der Waals surface area contributed by atoms with E-state index >= 15 is 0 Å². The summed E-state index contributed by atoms with van der Waals surface area (Å²) in [7, 11) is 3.44. The molecule has 22 heavy (non-hydrogen) atoms. The van der Waals surface area contributed by atoms with Gasteiger partial charge in [-0.25, -0.2) is 4.39 Å². The van der Waals surface area contributed by atoms with Gasteiger partial charge in [0.15, 0.2) is 0 Å². The molecule has 7 heteroatoms. The highest BCUT2D eigenvalue weighted by atomic mass is 35.5. The van der Waals surface area contributed by atoms with Gasteiger partial charge in [0, 0.05) is 33.1 Å². The first kappa shape index (κ1) is 17.0. The van der Waals surface area contributed by atoms with Gasteiger partial charge >= 0.3 is 0 Å². The van der Waals surface area contributed by atoms with Crippen molar-refractivity contribution in [2.45, 2.75) is 12.8 Å². The number of halogens is 3. The molecule has 0 bridgehead atoms. The molecule has 0 unspecified atom stereocenters. The van der Waals surface area contributed by atoms with E-state index in [4.69, 9.17) is 23.2 Å². The van der Waals surface area contributed by atoms with Crippen LogP contribution in [0.3, 0.4) is 0 Å². The van der Waals surface area contributed by atoms with Gasteiger partial charge in [-0.3, -0.25) is 9.59 Å². The van der Waals surface area contributed by atoms with Crippen LogP contribution in [0, 0.1) is 11.7 Å². The topological polar surface area (TPSA) is 40.6 Å². The lowest BCUT2D eigenvalue weighted by molar-refractivity contribution is -0.134. The molecule has 0 atom stereocenters. The summed E-state index contributed by atoms with van der Waals surface area (Å²) < 4.78 is 13.5. The van der Waals surface area contributed by atoms with Crippen LogP contribution < -0.4 is 0 Å². The molecular formula is C15H17Cl2FN2O2. The van der Waals surface area contributed by atoms with E-state index in [9.17, 15) is 14.0 Å². The molecule has 0 radical (unpaired) electrons. The molecule has 4 nitrogen and oxygen atoms in total. The van der Waals surface area contributed by atoms with Gasteiger partial charge in [-0.1, -0.05) is 23.2 Å². The molecule has 0 aromatic heterocycles. The third-order valence-electron chi connectivity index (χ3n) is 3.81. The highest BCUT2D eigenvalue weighted by Gasteiger charge is 2.29. The Kier molecular flexibility index (Phi) is 5.29. The zero-order valence-electron chi connectivity index (χ0n) is 12.4. The molecule has 1 heterocycles. The average molecular weight is 347 g/mol. The van der Waals surface area contributed by atoms with Gasteiger partial charge in [0.1, 0.15) is 5.82 Å². The Labute approximate surface area is 138 Å². The van der Waals surface area contributed by atoms with E-state index in [1.165, 1.54) is 6.07 Å². The maximum Gasteiger partial charge on any atom is 0.255 e. The highest BCUT2D eigenvalue weighted by molar-refractivity contribution is 6.36. The maximum absolute atomic E-state index is 13.5. The van der Waals surface area contributed by atoms with E-state index < -0.39 is 5.82 Å². The molecule has 2 amide bonds. The first-order valence-electron chi connectivity index (χ1n) is 6.96. The third-order valence-corrected chi connectivity index (χ3v) is 4.41. The Morgan fingerprint density at radius 1 is 1.18 bits per heavy atom. The summed E-state index contributed by atoms with van der Waals surface area (Å²) in [5.41, 5.74) is 0.0981. The zero-order chi connectivity index (χ0) is 16.4. The van der Waals surface area contributed by atoms with Gasteiger partial charge in [0.05, 0.1) is 15.6 Å². The van der Waals surface area contributed by atoms with Crippen LogP contribution in [-0.4, -0.2) is 48.8 Å². The predicted octanol–water partition coefficient (Wildman–Crippen LogP) is 3.07. The van der Waals surface area contributed by atoms with Gasteiger partial charge in [-0.05, 0) is 25.0 Å². The quantitative estimate of drug-likeness (QED) is 0.772. The molecule has 0 spiro atoms. The Hall–Kier alpha value is -1.33. The fraction of sp³-hybridized carbons (Fsp3) is 0.467. The molecule has 120 valence electrons. The Morgan fingerprint density at radius 2 is 1.77 bits per heavy atom. The summed E-state index contributed by atoms with van der Waals surface area (Å²) in [5, 5.41) is 0.0136. The fourth-order valence-electron chi connectivity index (χ4n) is 2.55. The number of benzene rings is 1. The molecule has 1 aliphatic rings. The molecule has 1 aliphatic heterocycles. The van der Waals surface area contributed by atoms with E-state index in [2.05, 4.69) is 0 Å². The lowest BCUT2D eigenvalue weighted by Crippen LogP contribution is -2.42. The van der Waals surface area contributed by atoms with Gasteiger partial charge in [0.2, 0.25) is 5.91 Å². The van der Waals surface area contributed by atoms with Gasteiger partial charge in [0.25, 0.3) is 5.91 Å². The molecule has 2 rings (SSSR count). The second kappa shape index (κ2) is 6.84. The number of rotatable bonds is 2. The molecule has 1 saturated heterocycles. The Bertz CT molecular complexity index is 599. The first-order valence-corrected chi connectivity index (χ1v) is 7.72. The molecule has 0 N–H and O–H groups in total. The third kappa shape index (κ3) is 3.52. The van der Waals surface area contributed by atoms with Crippen molar-refractivity contribution < 1.29 is 14.0 Å². The van der Waals surface area contributed by atoms with Crippen molar-refractivity contribution in [2.75, 3.05) is 27.2 Å². The van der Waals surface area contributed by atoms with E-state index in [0.29, 0.717) is 25.9 Å². The molecule has 0 saturated carbocycles. The number of hydrogen-bond donors (Lipinski definition) is 0. The standard InChI is InChI=1S/C15H17Cl2FN2O2/c1-19(2)14(21)9-3-5-20(6-4-9)15(22)10-7-13(18)12(17)8-11(10)16/h7-9H,3-6H2,1-2H3. The van der Waals surface area contributed by atoms with Crippen LogP contribution in [0.4, 0.5) is 4.39 Å². The Balaban J connectivity index is 2.07. The molecule has 0 aliphatic carbocycles. The van der Waals surface area contributed by atoms with Crippen molar-refractivity contribution in [2.24, 2.45) is 5.92 Å². The average Bonchev–Trinajstić information content (AvgIpc) is 2.49. The van der Waals surface area contributed by atoms with Crippen LogP contribution >= 0.6 is 23.2 Å². The number of carbonyl (C=O) groups is 2. The zero-order valence-corrected chi connectivity index (χ0v) is 13.9.